The molecule has 0 saturated carbocycles. The zero-order chi connectivity index (χ0) is 7.84. The van der Waals surface area contributed by atoms with Crippen LogP contribution in [0.3, 0.4) is 0 Å². The lowest BCUT2D eigenvalue weighted by atomic mass is 10.3. The van der Waals surface area contributed by atoms with Gasteiger partial charge in [0.1, 0.15) is 0 Å². The summed E-state index contributed by atoms with van der Waals surface area (Å²) in [4.78, 5) is 0.744. The summed E-state index contributed by atoms with van der Waals surface area (Å²) in [7, 11) is 2.68. The van der Waals surface area contributed by atoms with Gasteiger partial charge < -0.3 is 4.72 Å². The highest BCUT2D eigenvalue weighted by atomic mass is 33.1. The third-order valence-electron chi connectivity index (χ3n) is 1.33. The van der Waals surface area contributed by atoms with Crippen LogP contribution in [-0.4, -0.2) is 0 Å². The molecule has 0 amide bonds. The van der Waals surface area contributed by atoms with Gasteiger partial charge >= 0.3 is 0 Å². The summed E-state index contributed by atoms with van der Waals surface area (Å²) in [5.74, 6) is -1.60. The first-order valence-electron chi connectivity index (χ1n) is 2.86. The van der Waals surface area contributed by atoms with Gasteiger partial charge in [-0.2, -0.15) is 0 Å². The van der Waals surface area contributed by atoms with Gasteiger partial charge in [0.05, 0.1) is 5.69 Å². The van der Waals surface area contributed by atoms with Crippen molar-refractivity contribution in [1.82, 2.24) is 0 Å². The SMILES string of the molecule is Fc1ccc2c(c1F)NSS2. The number of hydrogen-bond acceptors (Lipinski definition) is 3. The molecule has 0 unspecified atom stereocenters. The molecule has 1 aromatic carbocycles. The molecule has 1 aliphatic rings. The molecule has 0 saturated heterocycles. The van der Waals surface area contributed by atoms with Crippen LogP contribution in [0.15, 0.2) is 17.0 Å². The van der Waals surface area contributed by atoms with Crippen molar-refractivity contribution in [2.24, 2.45) is 0 Å². The highest BCUT2D eigenvalue weighted by Crippen LogP contribution is 2.45. The average molecular weight is 191 g/mol. The Bertz CT molecular complexity index is 303. The predicted octanol–water partition coefficient (Wildman–Crippen LogP) is 3.05. The molecule has 0 spiro atoms. The summed E-state index contributed by atoms with van der Waals surface area (Å²) in [6.07, 6.45) is 0. The first kappa shape index (κ1) is 7.24. The van der Waals surface area contributed by atoms with Crippen molar-refractivity contribution in [3.63, 3.8) is 0 Å². The van der Waals surface area contributed by atoms with Gasteiger partial charge in [-0.1, -0.05) is 0 Å². The normalized spacial score (nSPS) is 14.4. The van der Waals surface area contributed by atoms with Crippen molar-refractivity contribution in [2.45, 2.75) is 4.90 Å². The molecule has 1 aromatic rings. The Morgan fingerprint density at radius 2 is 2.09 bits per heavy atom. The van der Waals surface area contributed by atoms with Gasteiger partial charge in [0, 0.05) is 15.9 Å². The van der Waals surface area contributed by atoms with E-state index in [-0.39, 0.29) is 5.69 Å². The lowest BCUT2D eigenvalue weighted by Gasteiger charge is -1.98. The van der Waals surface area contributed by atoms with Crippen LogP contribution in [0, 0.1) is 11.6 Å². The maximum Gasteiger partial charge on any atom is 0.183 e. The summed E-state index contributed by atoms with van der Waals surface area (Å²) in [5.41, 5.74) is 0.264. The van der Waals surface area contributed by atoms with Crippen LogP contribution in [0.5, 0.6) is 0 Å². The monoisotopic (exact) mass is 191 g/mol. The van der Waals surface area contributed by atoms with Gasteiger partial charge in [-0.3, -0.25) is 0 Å². The fourth-order valence-electron chi connectivity index (χ4n) is 0.805. The minimum atomic E-state index is -0.806. The van der Waals surface area contributed by atoms with Crippen LogP contribution in [0.2, 0.25) is 0 Å². The minimum absolute atomic E-state index is 0.264. The number of anilines is 1. The van der Waals surface area contributed by atoms with Gasteiger partial charge in [0.15, 0.2) is 11.6 Å². The molecule has 58 valence electrons. The molecule has 0 radical (unpaired) electrons. The van der Waals surface area contributed by atoms with Crippen molar-refractivity contribution in [1.29, 1.82) is 0 Å². The Balaban J connectivity index is 2.62. The molecule has 1 N–H and O–H groups in total. The van der Waals surface area contributed by atoms with Crippen LogP contribution in [0.1, 0.15) is 0 Å². The lowest BCUT2D eigenvalue weighted by molar-refractivity contribution is 0.510. The van der Waals surface area contributed by atoms with E-state index in [1.54, 1.807) is 6.07 Å². The number of rotatable bonds is 0. The molecule has 5 heteroatoms. The topological polar surface area (TPSA) is 12.0 Å². The Hall–Kier alpha value is -0.420. The van der Waals surface area contributed by atoms with Crippen LogP contribution in [0.4, 0.5) is 14.5 Å². The Labute approximate surface area is 70.1 Å². The van der Waals surface area contributed by atoms with Crippen LogP contribution in [-0.2, 0) is 0 Å². The number of nitrogens with one attached hydrogen (secondary N) is 1. The van der Waals surface area contributed by atoms with E-state index < -0.39 is 11.6 Å². The highest BCUT2D eigenvalue weighted by molar-refractivity contribution is 8.77. The van der Waals surface area contributed by atoms with E-state index in [1.807, 2.05) is 0 Å². The fourth-order valence-corrected chi connectivity index (χ4v) is 2.69. The standard InChI is InChI=1S/C6H3F2NS2/c7-3-1-2-4-6(5(3)8)9-11-10-4/h1-2,9H. The molecule has 0 atom stereocenters. The predicted molar refractivity (Wildman–Crippen MR) is 43.4 cm³/mol. The molecule has 0 fully saturated rings. The highest BCUT2D eigenvalue weighted by Gasteiger charge is 2.18. The first-order valence-corrected chi connectivity index (χ1v) is 5.01. The van der Waals surface area contributed by atoms with E-state index in [2.05, 4.69) is 4.72 Å². The zero-order valence-electron chi connectivity index (χ0n) is 5.23. The molecule has 1 nitrogen and oxygen atoms in total. The summed E-state index contributed by atoms with van der Waals surface area (Å²) in [6, 6.07) is 2.69. The van der Waals surface area contributed by atoms with Crippen molar-refractivity contribution >= 4 is 27.5 Å². The van der Waals surface area contributed by atoms with E-state index in [4.69, 9.17) is 0 Å². The van der Waals surface area contributed by atoms with Gasteiger partial charge in [0.2, 0.25) is 0 Å². The van der Waals surface area contributed by atoms with Crippen LogP contribution in [0.25, 0.3) is 0 Å². The van der Waals surface area contributed by atoms with Crippen molar-refractivity contribution in [2.75, 3.05) is 4.72 Å². The van der Waals surface area contributed by atoms with E-state index in [0.29, 0.717) is 0 Å². The molecule has 11 heavy (non-hydrogen) atoms. The molecule has 1 heterocycles. The van der Waals surface area contributed by atoms with Gasteiger partial charge in [-0.25, -0.2) is 8.78 Å². The van der Waals surface area contributed by atoms with Crippen molar-refractivity contribution in [3.8, 4) is 0 Å². The van der Waals surface area contributed by atoms with Crippen molar-refractivity contribution in [3.05, 3.63) is 23.8 Å². The van der Waals surface area contributed by atoms with Gasteiger partial charge in [-0.15, -0.1) is 0 Å². The minimum Gasteiger partial charge on any atom is -0.317 e. The average Bonchev–Trinajstić information content (AvgIpc) is 2.45. The Morgan fingerprint density at radius 1 is 1.27 bits per heavy atom. The summed E-state index contributed by atoms with van der Waals surface area (Å²) in [6.45, 7) is 0. The molecule has 1 aliphatic heterocycles. The third-order valence-corrected chi connectivity index (χ3v) is 3.26. The van der Waals surface area contributed by atoms with Gasteiger partial charge in [-0.05, 0) is 22.9 Å². The second-order valence-corrected chi connectivity index (χ2v) is 3.98. The Morgan fingerprint density at radius 3 is 2.91 bits per heavy atom. The lowest BCUT2D eigenvalue weighted by Crippen LogP contribution is -1.89. The molecule has 0 bridgehead atoms. The number of benzene rings is 1. The van der Waals surface area contributed by atoms with E-state index >= 15 is 0 Å². The second kappa shape index (κ2) is 2.57. The molecule has 2 rings (SSSR count). The molecular weight excluding hydrogens is 188 g/mol. The second-order valence-electron chi connectivity index (χ2n) is 2.00. The largest absolute Gasteiger partial charge is 0.317 e. The van der Waals surface area contributed by atoms with Crippen LogP contribution < -0.4 is 4.72 Å². The quantitative estimate of drug-likeness (QED) is 0.500. The fraction of sp³-hybridized carbons (Fsp3) is 0. The Kier molecular flexibility index (Phi) is 1.69. The summed E-state index contributed by atoms with van der Waals surface area (Å²) >= 11 is 0. The number of hydrogen-bond donors (Lipinski definition) is 1. The van der Waals surface area contributed by atoms with Crippen molar-refractivity contribution < 1.29 is 8.78 Å². The zero-order valence-corrected chi connectivity index (χ0v) is 6.86. The molecular formula is C6H3F2NS2. The number of halogens is 2. The van der Waals surface area contributed by atoms with E-state index in [1.165, 1.54) is 21.8 Å². The molecule has 0 aromatic heterocycles. The smallest absolute Gasteiger partial charge is 0.183 e. The number of fused-ring (bicyclic) bond motifs is 1. The van der Waals surface area contributed by atoms with Crippen LogP contribution >= 0.6 is 21.8 Å². The van der Waals surface area contributed by atoms with E-state index in [9.17, 15) is 8.78 Å². The summed E-state index contributed by atoms with van der Waals surface area (Å²) < 4.78 is 28.1. The third kappa shape index (κ3) is 1.08. The summed E-state index contributed by atoms with van der Waals surface area (Å²) in [5, 5.41) is 0. The molecule has 0 aliphatic carbocycles. The maximum absolute atomic E-state index is 12.8. The maximum atomic E-state index is 12.8. The van der Waals surface area contributed by atoms with Gasteiger partial charge in [0.25, 0.3) is 0 Å². The first-order chi connectivity index (χ1) is 5.29. The van der Waals surface area contributed by atoms with E-state index in [0.717, 1.165) is 11.0 Å².